The van der Waals surface area contributed by atoms with Crippen molar-refractivity contribution in [1.29, 1.82) is 0 Å². The van der Waals surface area contributed by atoms with Gasteiger partial charge in [-0.1, -0.05) is 6.07 Å². The Morgan fingerprint density at radius 3 is 2.71 bits per heavy atom. The molecule has 0 spiro atoms. The molecule has 2 heterocycles. The minimum Gasteiger partial charge on any atom is -0.339 e. The normalized spacial score (nSPS) is 11.4. The summed E-state index contributed by atoms with van der Waals surface area (Å²) in [7, 11) is 1.98. The summed E-state index contributed by atoms with van der Waals surface area (Å²) < 4.78 is 2.38. The van der Waals surface area contributed by atoms with Gasteiger partial charge in [0.1, 0.15) is 0 Å². The van der Waals surface area contributed by atoms with Crippen molar-refractivity contribution in [2.75, 3.05) is 7.05 Å². The minimum absolute atomic E-state index is 0.853. The Morgan fingerprint density at radius 2 is 2.05 bits per heavy atom. The van der Waals surface area contributed by atoms with Crippen LogP contribution in [0.3, 0.4) is 0 Å². The molecule has 1 N–H and O–H groups in total. The summed E-state index contributed by atoms with van der Waals surface area (Å²) in [5.74, 6) is 0. The van der Waals surface area contributed by atoms with Crippen LogP contribution in [0, 0.1) is 20.8 Å². The molecule has 0 bridgehead atoms. The van der Waals surface area contributed by atoms with Crippen molar-refractivity contribution < 1.29 is 0 Å². The van der Waals surface area contributed by atoms with Gasteiger partial charge in [-0.25, -0.2) is 4.98 Å². The number of thiazole rings is 1. The molecule has 0 atom stereocenters. The van der Waals surface area contributed by atoms with Gasteiger partial charge in [0.05, 0.1) is 17.2 Å². The maximum Gasteiger partial charge on any atom is 0.0898 e. The second-order valence-corrected chi connectivity index (χ2v) is 6.60. The van der Waals surface area contributed by atoms with Gasteiger partial charge < -0.3 is 9.88 Å². The first-order chi connectivity index (χ1) is 10.1. The van der Waals surface area contributed by atoms with Crippen LogP contribution >= 0.6 is 11.3 Å². The van der Waals surface area contributed by atoms with Gasteiger partial charge in [-0.15, -0.1) is 11.3 Å². The van der Waals surface area contributed by atoms with Crippen LogP contribution in [0.5, 0.6) is 0 Å². The molecule has 0 unspecified atom stereocenters. The molecule has 0 fully saturated rings. The van der Waals surface area contributed by atoms with Gasteiger partial charge in [0.2, 0.25) is 0 Å². The van der Waals surface area contributed by atoms with Crippen molar-refractivity contribution in [1.82, 2.24) is 14.9 Å². The molecule has 0 amide bonds. The predicted molar refractivity (Wildman–Crippen MR) is 90.1 cm³/mol. The molecule has 0 radical (unpaired) electrons. The first-order valence-corrected chi connectivity index (χ1v) is 8.12. The molecular formula is C17H21N3S. The lowest BCUT2D eigenvalue weighted by Crippen LogP contribution is -2.05. The molecule has 0 aliphatic heterocycles. The van der Waals surface area contributed by atoms with Crippen molar-refractivity contribution in [2.45, 2.75) is 33.9 Å². The lowest BCUT2D eigenvalue weighted by molar-refractivity contribution is 0.780. The van der Waals surface area contributed by atoms with Crippen LogP contribution in [0.1, 0.15) is 27.5 Å². The Bertz CT molecular complexity index is 783. The topological polar surface area (TPSA) is 29.9 Å². The Labute approximate surface area is 129 Å². The van der Waals surface area contributed by atoms with Gasteiger partial charge in [0.15, 0.2) is 0 Å². The van der Waals surface area contributed by atoms with Crippen molar-refractivity contribution in [3.63, 3.8) is 0 Å². The molecule has 21 heavy (non-hydrogen) atoms. The molecule has 3 nitrogen and oxygen atoms in total. The quantitative estimate of drug-likeness (QED) is 0.794. The highest BCUT2D eigenvalue weighted by molar-refractivity contribution is 7.09. The van der Waals surface area contributed by atoms with Crippen LogP contribution < -0.4 is 5.32 Å². The summed E-state index contributed by atoms with van der Waals surface area (Å²) in [6.07, 6.45) is 0. The maximum atomic E-state index is 4.60. The molecule has 0 aliphatic rings. The highest BCUT2D eigenvalue weighted by Crippen LogP contribution is 2.27. The van der Waals surface area contributed by atoms with Gasteiger partial charge in [-0.3, -0.25) is 0 Å². The van der Waals surface area contributed by atoms with Crippen LogP contribution in [0.2, 0.25) is 0 Å². The number of nitrogens with one attached hydrogen (secondary N) is 1. The highest BCUT2D eigenvalue weighted by Gasteiger charge is 2.12. The van der Waals surface area contributed by atoms with E-state index < -0.39 is 0 Å². The Hall–Kier alpha value is -1.65. The average molecular weight is 299 g/mol. The van der Waals surface area contributed by atoms with Gasteiger partial charge >= 0.3 is 0 Å². The van der Waals surface area contributed by atoms with E-state index in [4.69, 9.17) is 0 Å². The Kier molecular flexibility index (Phi) is 3.83. The molecule has 1 aromatic carbocycles. The highest BCUT2D eigenvalue weighted by atomic mass is 32.1. The number of rotatable bonds is 4. The molecule has 110 valence electrons. The van der Waals surface area contributed by atoms with Crippen LogP contribution in [-0.2, 0) is 13.1 Å². The molecule has 4 heteroatoms. The third kappa shape index (κ3) is 2.61. The largest absolute Gasteiger partial charge is 0.339 e. The number of hydrogen-bond donors (Lipinski definition) is 1. The molecule has 3 aromatic rings. The first-order valence-electron chi connectivity index (χ1n) is 7.24. The van der Waals surface area contributed by atoms with E-state index in [-0.39, 0.29) is 0 Å². The van der Waals surface area contributed by atoms with Gasteiger partial charge in [-0.2, -0.15) is 0 Å². The number of hydrogen-bond acceptors (Lipinski definition) is 3. The fourth-order valence-corrected chi connectivity index (χ4v) is 3.46. The van der Waals surface area contributed by atoms with Crippen LogP contribution in [0.4, 0.5) is 0 Å². The summed E-state index contributed by atoms with van der Waals surface area (Å²) in [5.41, 5.74) is 6.48. The zero-order chi connectivity index (χ0) is 15.0. The summed E-state index contributed by atoms with van der Waals surface area (Å²) in [4.78, 5) is 4.60. The standard InChI is InChI=1S/C17H21N3S/c1-11-12(2)20(9-15-10-21-13(3)19-15)17-6-5-14(8-18-4)7-16(11)17/h5-7,10,18H,8-9H2,1-4H3. The van der Waals surface area contributed by atoms with E-state index in [0.29, 0.717) is 0 Å². The minimum atomic E-state index is 0.853. The number of benzene rings is 1. The molecule has 0 saturated heterocycles. The zero-order valence-electron chi connectivity index (χ0n) is 13.0. The molecule has 2 aromatic heterocycles. The fraction of sp³-hybridized carbons (Fsp3) is 0.353. The molecular weight excluding hydrogens is 278 g/mol. The summed E-state index contributed by atoms with van der Waals surface area (Å²) in [6, 6.07) is 6.75. The third-order valence-electron chi connectivity index (χ3n) is 4.07. The van der Waals surface area contributed by atoms with E-state index in [1.807, 2.05) is 7.05 Å². The number of nitrogens with zero attached hydrogens (tertiary/aromatic N) is 2. The average Bonchev–Trinajstić information content (AvgIpc) is 2.97. The van der Waals surface area contributed by atoms with E-state index in [2.05, 4.69) is 59.2 Å². The smallest absolute Gasteiger partial charge is 0.0898 e. The second kappa shape index (κ2) is 5.62. The third-order valence-corrected chi connectivity index (χ3v) is 4.89. The lowest BCUT2D eigenvalue weighted by Gasteiger charge is -2.07. The second-order valence-electron chi connectivity index (χ2n) is 5.54. The molecule has 0 saturated carbocycles. The Balaban J connectivity index is 2.07. The van der Waals surface area contributed by atoms with Crippen molar-refractivity contribution in [2.24, 2.45) is 0 Å². The van der Waals surface area contributed by atoms with E-state index in [0.717, 1.165) is 23.8 Å². The van der Waals surface area contributed by atoms with Crippen molar-refractivity contribution in [3.05, 3.63) is 51.1 Å². The van der Waals surface area contributed by atoms with E-state index in [9.17, 15) is 0 Å². The summed E-state index contributed by atoms with van der Waals surface area (Å²) in [5, 5.41) is 7.86. The molecule has 0 aliphatic carbocycles. The van der Waals surface area contributed by atoms with Crippen molar-refractivity contribution >= 4 is 22.2 Å². The SMILES string of the molecule is CNCc1ccc2c(c1)c(C)c(C)n2Cc1csc(C)n1. The van der Waals surface area contributed by atoms with Gasteiger partial charge in [0.25, 0.3) is 0 Å². The van der Waals surface area contributed by atoms with Crippen LogP contribution in [-0.4, -0.2) is 16.6 Å². The Morgan fingerprint density at radius 1 is 1.24 bits per heavy atom. The molecule has 3 rings (SSSR count). The van der Waals surface area contributed by atoms with E-state index in [1.165, 1.54) is 27.7 Å². The number of aromatic nitrogens is 2. The van der Waals surface area contributed by atoms with Gasteiger partial charge in [0, 0.05) is 28.5 Å². The van der Waals surface area contributed by atoms with Crippen LogP contribution in [0.15, 0.2) is 23.6 Å². The first kappa shape index (κ1) is 14.3. The summed E-state index contributed by atoms with van der Waals surface area (Å²) in [6.45, 7) is 8.23. The van der Waals surface area contributed by atoms with Crippen LogP contribution in [0.25, 0.3) is 10.9 Å². The van der Waals surface area contributed by atoms with Crippen molar-refractivity contribution in [3.8, 4) is 0 Å². The zero-order valence-corrected chi connectivity index (χ0v) is 13.8. The monoisotopic (exact) mass is 299 g/mol. The number of aryl methyl sites for hydroxylation is 2. The van der Waals surface area contributed by atoms with E-state index in [1.54, 1.807) is 11.3 Å². The fourth-order valence-electron chi connectivity index (χ4n) is 2.86. The lowest BCUT2D eigenvalue weighted by atomic mass is 10.1. The summed E-state index contributed by atoms with van der Waals surface area (Å²) >= 11 is 1.72. The van der Waals surface area contributed by atoms with E-state index >= 15 is 0 Å². The number of fused-ring (bicyclic) bond motifs is 1. The predicted octanol–water partition coefficient (Wildman–Crippen LogP) is 3.79. The maximum absolute atomic E-state index is 4.60. The van der Waals surface area contributed by atoms with Gasteiger partial charge in [-0.05, 0) is 51.1 Å².